The Bertz CT molecular complexity index is 1060. The number of carbonyl (C=O) groups excluding carboxylic acids is 1. The molecule has 2 aliphatic rings. The van der Waals surface area contributed by atoms with Crippen LogP contribution in [0.3, 0.4) is 0 Å². The van der Waals surface area contributed by atoms with E-state index in [4.69, 9.17) is 20.2 Å². The van der Waals surface area contributed by atoms with Crippen LogP contribution < -0.4 is 20.1 Å². The lowest BCUT2D eigenvalue weighted by Crippen LogP contribution is -3.08. The molecule has 7 heteroatoms. The summed E-state index contributed by atoms with van der Waals surface area (Å²) in [6.45, 7) is 2.21. The molecule has 0 fully saturated rings. The molecule has 1 unspecified atom stereocenters. The van der Waals surface area contributed by atoms with Gasteiger partial charge >= 0.3 is 0 Å². The van der Waals surface area contributed by atoms with Gasteiger partial charge in [0.1, 0.15) is 16.3 Å². The second-order valence-electron chi connectivity index (χ2n) is 6.82. The van der Waals surface area contributed by atoms with Crippen molar-refractivity contribution in [3.63, 3.8) is 0 Å². The lowest BCUT2D eigenvalue weighted by atomic mass is 10.0. The van der Waals surface area contributed by atoms with Gasteiger partial charge in [0, 0.05) is 22.9 Å². The van der Waals surface area contributed by atoms with E-state index in [1.807, 2.05) is 0 Å². The molecule has 0 radical (unpaired) electrons. The number of thiophene rings is 1. The molecule has 1 atom stereocenters. The Labute approximate surface area is 154 Å². The zero-order valence-corrected chi connectivity index (χ0v) is 15.1. The van der Waals surface area contributed by atoms with Crippen LogP contribution in [-0.2, 0) is 13.0 Å². The van der Waals surface area contributed by atoms with Crippen molar-refractivity contribution in [2.75, 3.05) is 26.1 Å². The first kappa shape index (κ1) is 15.6. The molecule has 2 aliphatic heterocycles. The average molecular weight is 368 g/mol. The Morgan fingerprint density at radius 3 is 3.00 bits per heavy atom. The van der Waals surface area contributed by atoms with E-state index in [9.17, 15) is 4.79 Å². The van der Waals surface area contributed by atoms with Crippen molar-refractivity contribution in [1.29, 1.82) is 0 Å². The number of ether oxygens (including phenoxy) is 2. The number of nitrogens with two attached hydrogens (primary N) is 1. The predicted octanol–water partition coefficient (Wildman–Crippen LogP) is 1.41. The number of likely N-dealkylation sites (N-methyl/N-ethyl adjacent to an activating group) is 1. The maximum atomic E-state index is 13.0. The van der Waals surface area contributed by atoms with Gasteiger partial charge < -0.3 is 20.1 Å². The van der Waals surface area contributed by atoms with Crippen molar-refractivity contribution in [2.24, 2.45) is 0 Å². The molecule has 5 rings (SSSR count). The molecule has 0 aliphatic carbocycles. The maximum Gasteiger partial charge on any atom is 0.231 e. The Morgan fingerprint density at radius 1 is 1.27 bits per heavy atom. The summed E-state index contributed by atoms with van der Waals surface area (Å²) in [5, 5.41) is 0.882. The third-order valence-corrected chi connectivity index (χ3v) is 6.13. The van der Waals surface area contributed by atoms with Crippen LogP contribution >= 0.6 is 11.3 Å². The van der Waals surface area contributed by atoms with Crippen molar-refractivity contribution in [2.45, 2.75) is 13.0 Å². The first-order valence-corrected chi connectivity index (χ1v) is 9.38. The van der Waals surface area contributed by atoms with Crippen LogP contribution in [0, 0.1) is 0 Å². The first-order chi connectivity index (χ1) is 12.6. The van der Waals surface area contributed by atoms with E-state index in [0.29, 0.717) is 27.6 Å². The minimum Gasteiger partial charge on any atom is -0.454 e. The number of ketones is 1. The molecule has 0 amide bonds. The highest BCUT2D eigenvalue weighted by atomic mass is 32.1. The standard InChI is InChI=1S/C19H17N3O3S/c1-22-5-4-13-11(8-22)6-12-16(20)18(26-19(12)21-13)17(23)10-2-3-14-15(7-10)25-9-24-14/h2-3,6-7H,4-5,8-9,20H2,1H3/p+1. The summed E-state index contributed by atoms with van der Waals surface area (Å²) in [5.74, 6) is 1.14. The summed E-state index contributed by atoms with van der Waals surface area (Å²) in [6.07, 6.45) is 0.959. The number of quaternary nitrogens is 1. The van der Waals surface area contributed by atoms with Crippen molar-refractivity contribution in [3.8, 4) is 11.5 Å². The number of nitrogens with one attached hydrogen (secondary N) is 1. The zero-order valence-electron chi connectivity index (χ0n) is 14.3. The Balaban J connectivity index is 1.58. The number of anilines is 1. The van der Waals surface area contributed by atoms with Gasteiger partial charge in [-0.25, -0.2) is 4.98 Å². The minimum absolute atomic E-state index is 0.107. The highest BCUT2D eigenvalue weighted by molar-refractivity contribution is 7.21. The number of fused-ring (bicyclic) bond motifs is 3. The van der Waals surface area contributed by atoms with Crippen LogP contribution in [-0.4, -0.2) is 31.2 Å². The van der Waals surface area contributed by atoms with Crippen molar-refractivity contribution in [3.05, 3.63) is 46.0 Å². The molecule has 2 aromatic heterocycles. The highest BCUT2D eigenvalue weighted by Gasteiger charge is 2.24. The van der Waals surface area contributed by atoms with Crippen molar-refractivity contribution in [1.82, 2.24) is 4.98 Å². The quantitative estimate of drug-likeness (QED) is 0.669. The van der Waals surface area contributed by atoms with E-state index in [0.717, 1.165) is 35.4 Å². The molecule has 6 nitrogen and oxygen atoms in total. The lowest BCUT2D eigenvalue weighted by Gasteiger charge is -2.21. The number of carbonyl (C=O) groups is 1. The normalized spacial score (nSPS) is 18.1. The van der Waals surface area contributed by atoms with Crippen molar-refractivity contribution < 1.29 is 19.2 Å². The van der Waals surface area contributed by atoms with Gasteiger partial charge in [-0.2, -0.15) is 0 Å². The maximum absolute atomic E-state index is 13.0. The van der Waals surface area contributed by atoms with Crippen LogP contribution in [0.15, 0.2) is 24.3 Å². The average Bonchev–Trinajstić information content (AvgIpc) is 3.23. The summed E-state index contributed by atoms with van der Waals surface area (Å²) >= 11 is 1.37. The van der Waals surface area contributed by atoms with Crippen LogP contribution in [0.25, 0.3) is 10.2 Å². The summed E-state index contributed by atoms with van der Waals surface area (Å²) in [4.78, 5) is 20.6. The van der Waals surface area contributed by atoms with E-state index < -0.39 is 0 Å². The van der Waals surface area contributed by atoms with Gasteiger partial charge in [0.2, 0.25) is 12.6 Å². The van der Waals surface area contributed by atoms with Crippen LogP contribution in [0.4, 0.5) is 5.69 Å². The number of nitrogen functional groups attached to an aromatic ring is 1. The monoisotopic (exact) mass is 368 g/mol. The van der Waals surface area contributed by atoms with E-state index in [-0.39, 0.29) is 12.6 Å². The molecular weight excluding hydrogens is 350 g/mol. The predicted molar refractivity (Wildman–Crippen MR) is 99.2 cm³/mol. The Kier molecular flexibility index (Phi) is 3.41. The Hall–Kier alpha value is -2.64. The molecule has 3 N–H and O–H groups in total. The number of aromatic nitrogens is 1. The third kappa shape index (κ3) is 2.35. The fraction of sp³-hybridized carbons (Fsp3) is 0.263. The largest absolute Gasteiger partial charge is 0.454 e. The topological polar surface area (TPSA) is 78.9 Å². The zero-order chi connectivity index (χ0) is 17.8. The molecule has 0 saturated heterocycles. The molecular formula is C19H18N3O3S+. The molecule has 0 saturated carbocycles. The number of rotatable bonds is 2. The van der Waals surface area contributed by atoms with Crippen LogP contribution in [0.1, 0.15) is 26.5 Å². The number of benzene rings is 1. The molecule has 132 valence electrons. The summed E-state index contributed by atoms with van der Waals surface area (Å²) in [5.41, 5.74) is 9.77. The van der Waals surface area contributed by atoms with Crippen LogP contribution in [0.5, 0.6) is 11.5 Å². The number of hydrogen-bond acceptors (Lipinski definition) is 6. The van der Waals surface area contributed by atoms with Gasteiger partial charge in [0.05, 0.1) is 25.0 Å². The fourth-order valence-corrected chi connectivity index (χ4v) is 4.63. The van der Waals surface area contributed by atoms with E-state index in [1.165, 1.54) is 21.8 Å². The summed E-state index contributed by atoms with van der Waals surface area (Å²) < 4.78 is 10.7. The first-order valence-electron chi connectivity index (χ1n) is 8.56. The van der Waals surface area contributed by atoms with Gasteiger partial charge in [0.25, 0.3) is 0 Å². The van der Waals surface area contributed by atoms with E-state index in [1.54, 1.807) is 18.2 Å². The number of hydrogen-bond donors (Lipinski definition) is 2. The second-order valence-corrected chi connectivity index (χ2v) is 7.82. The smallest absolute Gasteiger partial charge is 0.231 e. The third-order valence-electron chi connectivity index (χ3n) is 5.01. The minimum atomic E-state index is -0.107. The molecule has 0 spiro atoms. The highest BCUT2D eigenvalue weighted by Crippen LogP contribution is 2.37. The number of nitrogens with zero attached hydrogens (tertiary/aromatic N) is 1. The molecule has 3 aromatic rings. The summed E-state index contributed by atoms with van der Waals surface area (Å²) in [7, 11) is 2.18. The second kappa shape index (κ2) is 5.69. The van der Waals surface area contributed by atoms with Gasteiger partial charge in [0.15, 0.2) is 11.5 Å². The van der Waals surface area contributed by atoms with E-state index in [2.05, 4.69) is 13.1 Å². The Morgan fingerprint density at radius 2 is 2.12 bits per heavy atom. The molecule has 0 bridgehead atoms. The lowest BCUT2D eigenvalue weighted by molar-refractivity contribution is -0.895. The fourth-order valence-electron chi connectivity index (χ4n) is 3.57. The van der Waals surface area contributed by atoms with Crippen molar-refractivity contribution >= 4 is 33.0 Å². The van der Waals surface area contributed by atoms with Gasteiger partial charge in [-0.3, -0.25) is 4.79 Å². The van der Waals surface area contributed by atoms with Crippen LogP contribution in [0.2, 0.25) is 0 Å². The molecule has 1 aromatic carbocycles. The molecule has 26 heavy (non-hydrogen) atoms. The molecule has 4 heterocycles. The summed E-state index contributed by atoms with van der Waals surface area (Å²) in [6, 6.07) is 7.33. The van der Waals surface area contributed by atoms with Gasteiger partial charge in [-0.1, -0.05) is 0 Å². The van der Waals surface area contributed by atoms with E-state index >= 15 is 0 Å². The SMILES string of the molecule is C[NH+]1CCc2nc3sc(C(=O)c4ccc5c(c4)OCO5)c(N)c3cc2C1. The number of pyridine rings is 1. The van der Waals surface area contributed by atoms with Gasteiger partial charge in [-0.15, -0.1) is 11.3 Å². The van der Waals surface area contributed by atoms with Gasteiger partial charge in [-0.05, 0) is 24.3 Å².